The van der Waals surface area contributed by atoms with Crippen LogP contribution in [0.25, 0.3) is 0 Å². The summed E-state index contributed by atoms with van der Waals surface area (Å²) in [5.41, 5.74) is 7.67. The highest BCUT2D eigenvalue weighted by atomic mass is 15.2. The van der Waals surface area contributed by atoms with Crippen molar-refractivity contribution in [2.45, 2.75) is 58.2 Å². The highest BCUT2D eigenvalue weighted by Gasteiger charge is 2.35. The number of rotatable bonds is 7. The number of nitrogens with two attached hydrogens (primary N) is 1. The number of hydrogen-bond donors (Lipinski definition) is 1. The normalized spacial score (nSPS) is 18.8. The van der Waals surface area contributed by atoms with Crippen LogP contribution in [-0.4, -0.2) is 23.5 Å². The topological polar surface area (TPSA) is 29.3 Å². The number of nitrogens with zero attached hydrogens (tertiary/aromatic N) is 1. The van der Waals surface area contributed by atoms with Crippen LogP contribution in [0.4, 0.5) is 0 Å². The van der Waals surface area contributed by atoms with Gasteiger partial charge in [0.05, 0.1) is 0 Å². The van der Waals surface area contributed by atoms with Crippen LogP contribution >= 0.6 is 0 Å². The Kier molecular flexibility index (Phi) is 5.00. The highest BCUT2D eigenvalue weighted by Crippen LogP contribution is 2.36. The maximum Gasteiger partial charge on any atom is 0.0499 e. The molecule has 0 saturated heterocycles. The van der Waals surface area contributed by atoms with E-state index in [1.54, 1.807) is 0 Å². The molecule has 0 spiro atoms. The Hall–Kier alpha value is -0.860. The van der Waals surface area contributed by atoms with Crippen LogP contribution in [0.3, 0.4) is 0 Å². The van der Waals surface area contributed by atoms with Gasteiger partial charge in [0.1, 0.15) is 0 Å². The minimum absolute atomic E-state index is 0.176. The van der Waals surface area contributed by atoms with E-state index in [9.17, 15) is 0 Å². The summed E-state index contributed by atoms with van der Waals surface area (Å²) in [5, 5.41) is 0. The average molecular weight is 260 g/mol. The van der Waals surface area contributed by atoms with Gasteiger partial charge in [-0.05, 0) is 44.2 Å². The van der Waals surface area contributed by atoms with Crippen LogP contribution in [0, 0.1) is 5.92 Å². The zero-order valence-electron chi connectivity index (χ0n) is 12.5. The van der Waals surface area contributed by atoms with Crippen molar-refractivity contribution in [1.29, 1.82) is 0 Å². The molecule has 2 rings (SSSR count). The molecule has 0 aliphatic heterocycles. The first kappa shape index (κ1) is 14.5. The van der Waals surface area contributed by atoms with Gasteiger partial charge in [-0.2, -0.15) is 0 Å². The third-order valence-corrected chi connectivity index (χ3v) is 3.98. The molecule has 1 aromatic rings. The van der Waals surface area contributed by atoms with E-state index in [1.165, 1.54) is 31.4 Å². The maximum atomic E-state index is 6.30. The van der Waals surface area contributed by atoms with Crippen molar-refractivity contribution in [2.24, 2.45) is 11.7 Å². The molecule has 1 aliphatic carbocycles. The van der Waals surface area contributed by atoms with Crippen molar-refractivity contribution >= 4 is 0 Å². The minimum Gasteiger partial charge on any atom is -0.326 e. The lowest BCUT2D eigenvalue weighted by molar-refractivity contribution is 0.157. The molecule has 2 atom stereocenters. The summed E-state index contributed by atoms with van der Waals surface area (Å²) in [6.45, 7) is 7.91. The predicted octanol–water partition coefficient (Wildman–Crippen LogP) is 3.59. The molecule has 2 unspecified atom stereocenters. The third kappa shape index (κ3) is 4.05. The molecule has 1 fully saturated rings. The lowest BCUT2D eigenvalue weighted by Gasteiger charge is -2.35. The lowest BCUT2D eigenvalue weighted by Crippen LogP contribution is -2.41. The van der Waals surface area contributed by atoms with E-state index < -0.39 is 0 Å². The molecule has 0 bridgehead atoms. The molecule has 106 valence electrons. The largest absolute Gasteiger partial charge is 0.326 e. The van der Waals surface area contributed by atoms with Crippen molar-refractivity contribution in [1.82, 2.24) is 4.90 Å². The molecule has 2 N–H and O–H groups in total. The second-order valence-corrected chi connectivity index (χ2v) is 6.37. The van der Waals surface area contributed by atoms with Gasteiger partial charge in [0.25, 0.3) is 0 Å². The smallest absolute Gasteiger partial charge is 0.0499 e. The Morgan fingerprint density at radius 2 is 1.79 bits per heavy atom. The molecule has 0 radical (unpaired) electrons. The summed E-state index contributed by atoms with van der Waals surface area (Å²) < 4.78 is 0. The fraction of sp³-hybridized carbons (Fsp3) is 0.647. The third-order valence-electron chi connectivity index (χ3n) is 3.98. The van der Waals surface area contributed by atoms with Gasteiger partial charge >= 0.3 is 0 Å². The van der Waals surface area contributed by atoms with Crippen molar-refractivity contribution in [3.05, 3.63) is 35.9 Å². The summed E-state index contributed by atoms with van der Waals surface area (Å²) >= 11 is 0. The van der Waals surface area contributed by atoms with E-state index in [0.29, 0.717) is 6.04 Å². The van der Waals surface area contributed by atoms with Crippen LogP contribution < -0.4 is 5.73 Å². The highest BCUT2D eigenvalue weighted by molar-refractivity contribution is 5.21. The van der Waals surface area contributed by atoms with Gasteiger partial charge < -0.3 is 5.73 Å². The molecule has 0 aromatic heterocycles. The molecule has 0 heterocycles. The second-order valence-electron chi connectivity index (χ2n) is 6.37. The summed E-state index contributed by atoms with van der Waals surface area (Å²) in [4.78, 5) is 2.65. The molecule has 1 saturated carbocycles. The minimum atomic E-state index is 0.176. The molecular weight excluding hydrogens is 232 g/mol. The first-order chi connectivity index (χ1) is 9.09. The van der Waals surface area contributed by atoms with E-state index in [1.807, 2.05) is 0 Å². The summed E-state index contributed by atoms with van der Waals surface area (Å²) in [5.74, 6) is 0.755. The van der Waals surface area contributed by atoms with Crippen molar-refractivity contribution in [3.8, 4) is 0 Å². The van der Waals surface area contributed by atoms with Crippen LogP contribution in [0.5, 0.6) is 0 Å². The van der Waals surface area contributed by atoms with Gasteiger partial charge in [-0.15, -0.1) is 0 Å². The van der Waals surface area contributed by atoms with Crippen molar-refractivity contribution in [3.63, 3.8) is 0 Å². The molecule has 1 aromatic carbocycles. The quantitative estimate of drug-likeness (QED) is 0.812. The Labute approximate surface area is 118 Å². The van der Waals surface area contributed by atoms with Crippen LogP contribution in [-0.2, 0) is 0 Å². The molecular formula is C17H28N2. The van der Waals surface area contributed by atoms with Crippen LogP contribution in [0.2, 0.25) is 0 Å². The van der Waals surface area contributed by atoms with Gasteiger partial charge in [-0.25, -0.2) is 0 Å². The van der Waals surface area contributed by atoms with Crippen LogP contribution in [0.15, 0.2) is 30.3 Å². The molecule has 2 heteroatoms. The monoisotopic (exact) mass is 260 g/mol. The van der Waals surface area contributed by atoms with E-state index in [-0.39, 0.29) is 6.04 Å². The predicted molar refractivity (Wildman–Crippen MR) is 82.0 cm³/mol. The van der Waals surface area contributed by atoms with Gasteiger partial charge in [-0.1, -0.05) is 44.2 Å². The SMILES string of the molecule is CC(C)CCN(C1CC1)C(c1ccccc1)C(C)N. The Balaban J connectivity index is 2.15. The average Bonchev–Trinajstić information content (AvgIpc) is 3.18. The summed E-state index contributed by atoms with van der Waals surface area (Å²) in [6, 6.07) is 12.1. The number of hydrogen-bond acceptors (Lipinski definition) is 2. The zero-order chi connectivity index (χ0) is 13.8. The Morgan fingerprint density at radius 1 is 1.16 bits per heavy atom. The Morgan fingerprint density at radius 3 is 2.26 bits per heavy atom. The first-order valence-corrected chi connectivity index (χ1v) is 7.66. The maximum absolute atomic E-state index is 6.30. The zero-order valence-corrected chi connectivity index (χ0v) is 12.5. The second kappa shape index (κ2) is 6.53. The van der Waals surface area contributed by atoms with E-state index >= 15 is 0 Å². The lowest BCUT2D eigenvalue weighted by atomic mass is 9.98. The van der Waals surface area contributed by atoms with Gasteiger partial charge in [0.2, 0.25) is 0 Å². The van der Waals surface area contributed by atoms with Crippen molar-refractivity contribution in [2.75, 3.05) is 6.54 Å². The van der Waals surface area contributed by atoms with Gasteiger partial charge in [0.15, 0.2) is 0 Å². The number of benzene rings is 1. The first-order valence-electron chi connectivity index (χ1n) is 7.66. The summed E-state index contributed by atoms with van der Waals surface area (Å²) in [7, 11) is 0. The van der Waals surface area contributed by atoms with E-state index in [0.717, 1.165) is 12.0 Å². The Bertz CT molecular complexity index is 368. The van der Waals surface area contributed by atoms with Gasteiger partial charge in [0, 0.05) is 18.1 Å². The standard InChI is InChI=1S/C17H28N2/c1-13(2)11-12-19(16-9-10-16)17(14(3)18)15-7-5-4-6-8-15/h4-8,13-14,16-17H,9-12,18H2,1-3H3. The van der Waals surface area contributed by atoms with Gasteiger partial charge in [-0.3, -0.25) is 4.90 Å². The molecule has 19 heavy (non-hydrogen) atoms. The fourth-order valence-corrected chi connectivity index (χ4v) is 2.81. The molecule has 0 amide bonds. The summed E-state index contributed by atoms with van der Waals surface area (Å²) in [6.07, 6.45) is 3.94. The van der Waals surface area contributed by atoms with E-state index in [4.69, 9.17) is 5.73 Å². The fourth-order valence-electron chi connectivity index (χ4n) is 2.81. The molecule has 2 nitrogen and oxygen atoms in total. The molecule has 1 aliphatic rings. The van der Waals surface area contributed by atoms with Crippen LogP contribution in [0.1, 0.15) is 51.6 Å². The van der Waals surface area contributed by atoms with Crippen molar-refractivity contribution < 1.29 is 0 Å². The van der Waals surface area contributed by atoms with E-state index in [2.05, 4.69) is 56.0 Å².